The van der Waals surface area contributed by atoms with Gasteiger partial charge in [0.15, 0.2) is 0 Å². The lowest BCUT2D eigenvalue weighted by Gasteiger charge is -2.16. The van der Waals surface area contributed by atoms with Gasteiger partial charge in [0.2, 0.25) is 5.88 Å². The first-order valence-corrected chi connectivity index (χ1v) is 10.0. The van der Waals surface area contributed by atoms with Crippen molar-refractivity contribution in [2.24, 2.45) is 10.7 Å². The van der Waals surface area contributed by atoms with Gasteiger partial charge in [-0.2, -0.15) is 0 Å². The highest BCUT2D eigenvalue weighted by atomic mass is 19.1. The van der Waals surface area contributed by atoms with Crippen molar-refractivity contribution in [3.8, 4) is 22.8 Å². The van der Waals surface area contributed by atoms with Gasteiger partial charge in [-0.1, -0.05) is 13.8 Å². The number of methoxy groups -OCH3 is 2. The number of allylic oxidation sites excluding steroid dienone is 1. The Balaban J connectivity index is 2.57. The van der Waals surface area contributed by atoms with Crippen molar-refractivity contribution < 1.29 is 18.6 Å². The summed E-state index contributed by atoms with van der Waals surface area (Å²) in [5, 5.41) is 0. The zero-order valence-electron chi connectivity index (χ0n) is 18.1. The Morgan fingerprint density at radius 1 is 1.17 bits per heavy atom. The number of hydrogen-bond acceptors (Lipinski definition) is 6. The molecule has 0 bridgehead atoms. The van der Waals surface area contributed by atoms with Crippen LogP contribution in [0.2, 0.25) is 0 Å². The highest BCUT2D eigenvalue weighted by Gasteiger charge is 2.16. The van der Waals surface area contributed by atoms with E-state index in [1.807, 2.05) is 13.0 Å². The minimum absolute atomic E-state index is 0.293. The minimum Gasteiger partial charge on any atom is -0.490 e. The molecule has 1 aromatic heterocycles. The third kappa shape index (κ3) is 6.29. The van der Waals surface area contributed by atoms with Crippen LogP contribution in [-0.4, -0.2) is 44.7 Å². The third-order valence-electron chi connectivity index (χ3n) is 4.40. The van der Waals surface area contributed by atoms with Crippen molar-refractivity contribution in [3.63, 3.8) is 0 Å². The molecule has 2 rings (SSSR count). The predicted molar refractivity (Wildman–Crippen MR) is 119 cm³/mol. The summed E-state index contributed by atoms with van der Waals surface area (Å²) in [7, 11) is 3.13. The number of hydrogen-bond donors (Lipinski definition) is 1. The zero-order valence-corrected chi connectivity index (χ0v) is 18.1. The molecule has 0 spiro atoms. The Morgan fingerprint density at radius 3 is 2.63 bits per heavy atom. The Kier molecular flexibility index (Phi) is 9.28. The van der Waals surface area contributed by atoms with Gasteiger partial charge in [-0.15, -0.1) is 0 Å². The van der Waals surface area contributed by atoms with Gasteiger partial charge in [-0.05, 0) is 31.1 Å². The largest absolute Gasteiger partial charge is 0.490 e. The summed E-state index contributed by atoms with van der Waals surface area (Å²) in [6.45, 7) is 5.54. The number of ether oxygens (including phenoxy) is 3. The molecular formula is C23H30FN3O3. The first-order chi connectivity index (χ1) is 14.5. The van der Waals surface area contributed by atoms with Crippen molar-refractivity contribution in [1.29, 1.82) is 0 Å². The number of benzene rings is 1. The summed E-state index contributed by atoms with van der Waals surface area (Å²) in [6.07, 6.45) is 5.24. The van der Waals surface area contributed by atoms with Gasteiger partial charge in [0.25, 0.3) is 0 Å². The molecule has 2 aromatic rings. The molecule has 0 aliphatic carbocycles. The lowest BCUT2D eigenvalue weighted by atomic mass is 9.98. The summed E-state index contributed by atoms with van der Waals surface area (Å²) < 4.78 is 30.0. The van der Waals surface area contributed by atoms with Crippen LogP contribution in [0.15, 0.2) is 41.5 Å². The van der Waals surface area contributed by atoms with Crippen molar-refractivity contribution in [2.45, 2.75) is 26.7 Å². The second kappa shape index (κ2) is 11.9. The number of aliphatic imine (C=N–C) groups is 1. The van der Waals surface area contributed by atoms with Crippen molar-refractivity contribution in [1.82, 2.24) is 4.98 Å². The number of rotatable bonds is 11. The molecule has 0 aliphatic heterocycles. The van der Waals surface area contributed by atoms with Crippen molar-refractivity contribution in [2.75, 3.05) is 34.0 Å². The average Bonchev–Trinajstić information content (AvgIpc) is 2.76. The van der Waals surface area contributed by atoms with Gasteiger partial charge in [0.1, 0.15) is 18.2 Å². The topological polar surface area (TPSA) is 79.0 Å². The minimum atomic E-state index is -0.391. The van der Waals surface area contributed by atoms with E-state index in [1.54, 1.807) is 32.5 Å². The third-order valence-corrected chi connectivity index (χ3v) is 4.40. The maximum atomic E-state index is 13.9. The van der Waals surface area contributed by atoms with Crippen LogP contribution < -0.4 is 15.2 Å². The van der Waals surface area contributed by atoms with Gasteiger partial charge in [-0.3, -0.25) is 4.99 Å². The second-order valence-corrected chi connectivity index (χ2v) is 6.58. The molecule has 1 aromatic carbocycles. The van der Waals surface area contributed by atoms with E-state index < -0.39 is 5.82 Å². The Bertz CT molecular complexity index is 897. The van der Waals surface area contributed by atoms with E-state index in [0.717, 1.165) is 25.1 Å². The van der Waals surface area contributed by atoms with E-state index in [0.29, 0.717) is 47.2 Å². The van der Waals surface area contributed by atoms with E-state index in [4.69, 9.17) is 19.9 Å². The molecule has 0 unspecified atom stereocenters. The molecular weight excluding hydrogens is 385 g/mol. The van der Waals surface area contributed by atoms with E-state index >= 15 is 0 Å². The zero-order chi connectivity index (χ0) is 21.9. The average molecular weight is 416 g/mol. The molecule has 0 saturated carbocycles. The van der Waals surface area contributed by atoms with Crippen LogP contribution in [-0.2, 0) is 4.74 Å². The number of aromatic nitrogens is 1. The van der Waals surface area contributed by atoms with Crippen LogP contribution in [0.1, 0.15) is 32.3 Å². The summed E-state index contributed by atoms with van der Waals surface area (Å²) in [5.41, 5.74) is 10.0. The summed E-state index contributed by atoms with van der Waals surface area (Å²) in [5.74, 6) is 0.429. The fourth-order valence-electron chi connectivity index (χ4n) is 2.85. The van der Waals surface area contributed by atoms with Crippen LogP contribution in [0.4, 0.5) is 4.39 Å². The van der Waals surface area contributed by atoms with Crippen molar-refractivity contribution >= 4 is 11.4 Å². The van der Waals surface area contributed by atoms with E-state index in [9.17, 15) is 4.39 Å². The van der Waals surface area contributed by atoms with Crippen LogP contribution in [0.5, 0.6) is 11.6 Å². The fraction of sp³-hybridized carbons (Fsp3) is 0.391. The van der Waals surface area contributed by atoms with Crippen LogP contribution in [0.25, 0.3) is 16.8 Å². The molecule has 0 amide bonds. The summed E-state index contributed by atoms with van der Waals surface area (Å²) in [4.78, 5) is 8.89. The number of nitrogens with zero attached hydrogens (tertiary/aromatic N) is 2. The van der Waals surface area contributed by atoms with Gasteiger partial charge in [0.05, 0.1) is 13.7 Å². The molecule has 0 fully saturated rings. The maximum Gasteiger partial charge on any atom is 0.213 e. The number of halogens is 1. The Morgan fingerprint density at radius 2 is 1.97 bits per heavy atom. The molecule has 0 saturated heterocycles. The van der Waals surface area contributed by atoms with E-state index in [1.165, 1.54) is 12.1 Å². The SMILES string of the molecule is CCCN=C(/C=C(\N)c1cc(OC)ncc1-c1ccc(F)cc1OCCOC)CC. The van der Waals surface area contributed by atoms with Crippen LogP contribution in [0, 0.1) is 5.82 Å². The van der Waals surface area contributed by atoms with Gasteiger partial charge >= 0.3 is 0 Å². The molecule has 0 radical (unpaired) electrons. The fourth-order valence-corrected chi connectivity index (χ4v) is 2.85. The highest BCUT2D eigenvalue weighted by Crippen LogP contribution is 2.36. The molecule has 6 nitrogen and oxygen atoms in total. The maximum absolute atomic E-state index is 13.9. The molecule has 1 heterocycles. The summed E-state index contributed by atoms with van der Waals surface area (Å²) in [6, 6.07) is 6.14. The normalized spacial score (nSPS) is 12.2. The van der Waals surface area contributed by atoms with Crippen LogP contribution in [0.3, 0.4) is 0 Å². The van der Waals surface area contributed by atoms with Crippen molar-refractivity contribution in [3.05, 3.63) is 47.9 Å². The molecule has 162 valence electrons. The standard InChI is InChI=1S/C23H30FN3O3/c1-5-9-26-17(6-2)13-21(25)19-14-23(29-4)27-15-20(19)18-8-7-16(24)12-22(18)30-11-10-28-3/h7-8,12-15H,5-6,9-11,25H2,1-4H3/b21-13-,26-17?. The molecule has 30 heavy (non-hydrogen) atoms. The van der Waals surface area contributed by atoms with Crippen LogP contribution >= 0.6 is 0 Å². The molecule has 0 aliphatic rings. The first-order valence-electron chi connectivity index (χ1n) is 10.0. The monoisotopic (exact) mass is 415 g/mol. The first kappa shape index (κ1) is 23.3. The van der Waals surface area contributed by atoms with Gasteiger partial charge in [0, 0.05) is 60.1 Å². The highest BCUT2D eigenvalue weighted by molar-refractivity contribution is 6.01. The van der Waals surface area contributed by atoms with E-state index in [-0.39, 0.29) is 0 Å². The predicted octanol–water partition coefficient (Wildman–Crippen LogP) is 4.48. The van der Waals surface area contributed by atoms with Gasteiger partial charge in [-0.25, -0.2) is 9.37 Å². The number of pyridine rings is 1. The van der Waals surface area contributed by atoms with Gasteiger partial charge < -0.3 is 19.9 Å². The lowest BCUT2D eigenvalue weighted by molar-refractivity contribution is 0.146. The molecule has 0 atom stereocenters. The summed E-state index contributed by atoms with van der Waals surface area (Å²) >= 11 is 0. The molecule has 7 heteroatoms. The quantitative estimate of drug-likeness (QED) is 0.432. The Labute approximate surface area is 177 Å². The van der Waals surface area contributed by atoms with E-state index in [2.05, 4.69) is 16.9 Å². The smallest absolute Gasteiger partial charge is 0.213 e. The lowest BCUT2D eigenvalue weighted by Crippen LogP contribution is -2.07. The Hall–Kier alpha value is -2.93. The second-order valence-electron chi connectivity index (χ2n) is 6.58. The molecule has 2 N–H and O–H groups in total. The number of nitrogens with two attached hydrogens (primary N) is 1.